The molecule has 2 N–H and O–H groups in total. The average molecular weight is 213 g/mol. The van der Waals surface area contributed by atoms with Gasteiger partial charge < -0.3 is 20.0 Å². The molecule has 4 nitrogen and oxygen atoms in total. The van der Waals surface area contributed by atoms with Crippen LogP contribution in [0, 0.1) is 6.92 Å². The first kappa shape index (κ1) is 15.9. The van der Waals surface area contributed by atoms with Gasteiger partial charge in [-0.3, -0.25) is 0 Å². The molecule has 0 radical (unpaired) electrons. The van der Waals surface area contributed by atoms with E-state index < -0.39 is 0 Å². The summed E-state index contributed by atoms with van der Waals surface area (Å²) in [6.45, 7) is 4.00. The van der Waals surface area contributed by atoms with E-state index in [9.17, 15) is 0 Å². The first-order chi connectivity index (χ1) is 7.15. The van der Waals surface area contributed by atoms with Crippen molar-refractivity contribution in [2.75, 3.05) is 27.1 Å². The predicted octanol–water partition coefficient (Wildman–Crippen LogP) is 1.66. The van der Waals surface area contributed by atoms with Gasteiger partial charge in [-0.2, -0.15) is 0 Å². The van der Waals surface area contributed by atoms with E-state index in [1.807, 2.05) is 31.9 Å². The fraction of sp³-hybridized carbons (Fsp3) is 0.364. The number of rotatable bonds is 1. The second-order valence-corrected chi connectivity index (χ2v) is 2.65. The SMILES string of the molecule is C=O.COC.COc1cc(C)ccc1N. The van der Waals surface area contributed by atoms with Gasteiger partial charge in [-0.25, -0.2) is 0 Å². The molecule has 0 saturated carbocycles. The quantitative estimate of drug-likeness (QED) is 0.721. The molecule has 1 aromatic rings. The predicted molar refractivity (Wildman–Crippen MR) is 62.2 cm³/mol. The van der Waals surface area contributed by atoms with E-state index in [1.165, 1.54) is 0 Å². The maximum atomic E-state index is 8.00. The minimum atomic E-state index is 0.688. The van der Waals surface area contributed by atoms with Crippen LogP contribution in [0.5, 0.6) is 5.75 Å². The Bertz CT molecular complexity index is 264. The lowest BCUT2D eigenvalue weighted by molar-refractivity contribution is -0.0979. The van der Waals surface area contributed by atoms with Gasteiger partial charge in [-0.15, -0.1) is 0 Å². The van der Waals surface area contributed by atoms with Crippen LogP contribution in [-0.2, 0) is 9.53 Å². The Morgan fingerprint density at radius 3 is 2.00 bits per heavy atom. The van der Waals surface area contributed by atoms with Crippen LogP contribution in [0.3, 0.4) is 0 Å². The molecule has 15 heavy (non-hydrogen) atoms. The van der Waals surface area contributed by atoms with E-state index >= 15 is 0 Å². The Labute approximate surface area is 91.0 Å². The maximum absolute atomic E-state index is 8.00. The van der Waals surface area contributed by atoms with Crippen molar-refractivity contribution in [2.24, 2.45) is 0 Å². The van der Waals surface area contributed by atoms with Crippen LogP contribution < -0.4 is 10.5 Å². The number of aryl methyl sites for hydroxylation is 1. The van der Waals surface area contributed by atoms with Crippen molar-refractivity contribution in [1.29, 1.82) is 0 Å². The number of hydrogen-bond donors (Lipinski definition) is 1. The highest BCUT2D eigenvalue weighted by Gasteiger charge is 1.95. The van der Waals surface area contributed by atoms with Gasteiger partial charge in [0.05, 0.1) is 12.8 Å². The molecular formula is C11H19NO3. The first-order valence-electron chi connectivity index (χ1n) is 4.24. The molecule has 86 valence electrons. The smallest absolute Gasteiger partial charge is 0.142 e. The van der Waals surface area contributed by atoms with Gasteiger partial charge in [-0.05, 0) is 24.6 Å². The standard InChI is InChI=1S/C8H11NO.C2H6O.CH2O/c1-6-3-4-7(9)8(5-6)10-2;1-3-2;1-2/h3-5H,9H2,1-2H3;1-2H3;1H2. The van der Waals surface area contributed by atoms with Crippen molar-refractivity contribution in [3.05, 3.63) is 23.8 Å². The molecule has 0 saturated heterocycles. The summed E-state index contributed by atoms with van der Waals surface area (Å²) in [6.07, 6.45) is 0. The molecule has 0 bridgehead atoms. The lowest BCUT2D eigenvalue weighted by Gasteiger charge is -2.03. The number of ether oxygens (including phenoxy) is 2. The highest BCUT2D eigenvalue weighted by Crippen LogP contribution is 2.21. The number of anilines is 1. The molecule has 0 aromatic heterocycles. The number of methoxy groups -OCH3 is 2. The molecule has 0 aliphatic rings. The van der Waals surface area contributed by atoms with E-state index in [1.54, 1.807) is 21.3 Å². The van der Waals surface area contributed by atoms with Crippen LogP contribution in [0.1, 0.15) is 5.56 Å². The monoisotopic (exact) mass is 213 g/mol. The Morgan fingerprint density at radius 2 is 1.67 bits per heavy atom. The molecule has 0 spiro atoms. The average Bonchev–Trinajstić information content (AvgIpc) is 2.26. The second kappa shape index (κ2) is 10.5. The van der Waals surface area contributed by atoms with E-state index in [0.29, 0.717) is 5.69 Å². The molecule has 0 atom stereocenters. The van der Waals surface area contributed by atoms with E-state index in [4.69, 9.17) is 15.3 Å². The molecule has 0 amide bonds. The van der Waals surface area contributed by atoms with Gasteiger partial charge in [0.1, 0.15) is 12.5 Å². The zero-order chi connectivity index (χ0) is 12.3. The summed E-state index contributed by atoms with van der Waals surface area (Å²) < 4.78 is 9.25. The van der Waals surface area contributed by atoms with Crippen LogP contribution in [0.4, 0.5) is 5.69 Å². The molecular weight excluding hydrogens is 194 g/mol. The van der Waals surface area contributed by atoms with Crippen LogP contribution in [0.25, 0.3) is 0 Å². The fourth-order valence-corrected chi connectivity index (χ4v) is 0.818. The van der Waals surface area contributed by atoms with Crippen molar-refractivity contribution in [3.63, 3.8) is 0 Å². The third-order valence-corrected chi connectivity index (χ3v) is 1.39. The number of nitrogens with two attached hydrogens (primary N) is 1. The summed E-state index contributed by atoms with van der Waals surface area (Å²) in [5.41, 5.74) is 7.42. The minimum absolute atomic E-state index is 0.688. The van der Waals surface area contributed by atoms with Gasteiger partial charge in [-0.1, -0.05) is 6.07 Å². The molecule has 0 aliphatic carbocycles. The van der Waals surface area contributed by atoms with Crippen molar-refractivity contribution in [3.8, 4) is 5.75 Å². The molecule has 0 fully saturated rings. The second-order valence-electron chi connectivity index (χ2n) is 2.65. The van der Waals surface area contributed by atoms with E-state index in [2.05, 4.69) is 4.74 Å². The third-order valence-electron chi connectivity index (χ3n) is 1.39. The van der Waals surface area contributed by atoms with Gasteiger partial charge in [0, 0.05) is 14.2 Å². The highest BCUT2D eigenvalue weighted by molar-refractivity contribution is 5.53. The lowest BCUT2D eigenvalue weighted by atomic mass is 10.2. The first-order valence-corrected chi connectivity index (χ1v) is 4.24. The van der Waals surface area contributed by atoms with Crippen molar-refractivity contribution in [2.45, 2.75) is 6.92 Å². The number of hydrogen-bond acceptors (Lipinski definition) is 4. The highest BCUT2D eigenvalue weighted by atomic mass is 16.5. The Balaban J connectivity index is 0. The summed E-state index contributed by atoms with van der Waals surface area (Å²) in [6, 6.07) is 5.71. The number of benzene rings is 1. The molecule has 1 rings (SSSR count). The van der Waals surface area contributed by atoms with Crippen molar-refractivity contribution < 1.29 is 14.3 Å². The third kappa shape index (κ3) is 7.52. The van der Waals surface area contributed by atoms with Crippen LogP contribution in [0.15, 0.2) is 18.2 Å². The molecule has 0 heterocycles. The number of carbonyl (C=O) groups is 1. The Kier molecular flexibility index (Phi) is 11.2. The normalized spacial score (nSPS) is 7.73. The van der Waals surface area contributed by atoms with Crippen molar-refractivity contribution >= 4 is 12.5 Å². The molecule has 0 unspecified atom stereocenters. The molecule has 1 aromatic carbocycles. The molecule has 0 aliphatic heterocycles. The lowest BCUT2D eigenvalue weighted by Crippen LogP contribution is -1.91. The number of carbonyl (C=O) groups excluding carboxylic acids is 1. The maximum Gasteiger partial charge on any atom is 0.142 e. The zero-order valence-corrected chi connectivity index (χ0v) is 9.74. The van der Waals surface area contributed by atoms with E-state index in [-0.39, 0.29) is 0 Å². The van der Waals surface area contributed by atoms with Gasteiger partial charge in [0.15, 0.2) is 0 Å². The summed E-state index contributed by atoms with van der Waals surface area (Å²) in [5.74, 6) is 0.750. The summed E-state index contributed by atoms with van der Waals surface area (Å²) in [4.78, 5) is 8.00. The zero-order valence-electron chi connectivity index (χ0n) is 9.74. The largest absolute Gasteiger partial charge is 0.495 e. The van der Waals surface area contributed by atoms with Crippen LogP contribution in [0.2, 0.25) is 0 Å². The summed E-state index contributed by atoms with van der Waals surface area (Å²) in [7, 11) is 4.87. The summed E-state index contributed by atoms with van der Waals surface area (Å²) >= 11 is 0. The van der Waals surface area contributed by atoms with Gasteiger partial charge in [0.25, 0.3) is 0 Å². The van der Waals surface area contributed by atoms with Crippen LogP contribution in [-0.4, -0.2) is 28.1 Å². The van der Waals surface area contributed by atoms with E-state index in [0.717, 1.165) is 11.3 Å². The minimum Gasteiger partial charge on any atom is -0.495 e. The summed E-state index contributed by atoms with van der Waals surface area (Å²) in [5, 5.41) is 0. The van der Waals surface area contributed by atoms with Crippen molar-refractivity contribution in [1.82, 2.24) is 0 Å². The topological polar surface area (TPSA) is 61.5 Å². The van der Waals surface area contributed by atoms with Crippen LogP contribution >= 0.6 is 0 Å². The Hall–Kier alpha value is -1.55. The Morgan fingerprint density at radius 1 is 1.20 bits per heavy atom. The van der Waals surface area contributed by atoms with Gasteiger partial charge >= 0.3 is 0 Å². The fourth-order valence-electron chi connectivity index (χ4n) is 0.818. The number of nitrogen functional groups attached to an aromatic ring is 1. The molecule has 4 heteroatoms. The van der Waals surface area contributed by atoms with Gasteiger partial charge in [0.2, 0.25) is 0 Å².